The fourth-order valence-corrected chi connectivity index (χ4v) is 9.42. The summed E-state index contributed by atoms with van der Waals surface area (Å²) in [5.74, 6) is 12.0. The molecule has 0 amide bonds. The van der Waals surface area contributed by atoms with E-state index >= 15 is 0 Å². The summed E-state index contributed by atoms with van der Waals surface area (Å²) in [7, 11) is -1.35. The molecule has 0 fully saturated rings. The van der Waals surface area contributed by atoms with E-state index in [1.165, 1.54) is 12.5 Å². The smallest absolute Gasteiger partial charge is 0.360 e. The van der Waals surface area contributed by atoms with Crippen molar-refractivity contribution in [3.8, 4) is 23.7 Å². The number of cyclic esters (lactones) is 2. The minimum absolute atomic E-state index is 0.0415. The van der Waals surface area contributed by atoms with E-state index in [2.05, 4.69) is 101 Å². The molecule has 1 aliphatic rings. The third kappa shape index (κ3) is 17.2. The highest BCUT2D eigenvalue weighted by molar-refractivity contribution is 6.74. The van der Waals surface area contributed by atoms with Crippen LogP contribution in [0.2, 0.25) is 36.3 Å². The first kappa shape index (κ1) is 59.5. The SMILES string of the molecule is C/C=C/[C@@H](O[Si](C)(C)C(C)(C)C)C(C)(C)C1CC#C/C=C\C=C\[C@@H](OC)Cc2nc(co2)C(=O)OC(C(C)(C)[C@@H](/C=C/C)O[Si](C)(C)C(C)(C)C)CC#C/C=C\C=C\[C@@H](OC)Cc2nc(co2)C(=O)O1. The Balaban J connectivity index is 2.05. The second-order valence-electron chi connectivity index (χ2n) is 21.8. The molecule has 2 unspecified atom stereocenters. The van der Waals surface area contributed by atoms with Crippen LogP contribution >= 0.6 is 0 Å². The van der Waals surface area contributed by atoms with E-state index in [0.717, 1.165) is 0 Å². The molecule has 0 N–H and O–H groups in total. The molecule has 0 saturated carbocycles. The Labute approximate surface area is 422 Å². The molecule has 0 saturated heterocycles. The number of hydrogen-bond acceptors (Lipinski definition) is 12. The van der Waals surface area contributed by atoms with Crippen LogP contribution in [0, 0.1) is 34.5 Å². The van der Waals surface area contributed by atoms with E-state index in [1.54, 1.807) is 38.5 Å². The summed E-state index contributed by atoms with van der Waals surface area (Å²) in [4.78, 5) is 36.8. The van der Waals surface area contributed by atoms with Crippen molar-refractivity contribution < 1.29 is 46.2 Å². The average Bonchev–Trinajstić information content (AvgIpc) is 3.95. The summed E-state index contributed by atoms with van der Waals surface area (Å²) in [6.07, 6.45) is 22.9. The lowest BCUT2D eigenvalue weighted by Gasteiger charge is -2.45. The van der Waals surface area contributed by atoms with Crippen molar-refractivity contribution in [3.63, 3.8) is 0 Å². The summed E-state index contributed by atoms with van der Waals surface area (Å²) in [5.41, 5.74) is -1.33. The van der Waals surface area contributed by atoms with E-state index in [-0.39, 0.29) is 59.4 Å². The Bertz CT molecular complexity index is 2160. The summed E-state index contributed by atoms with van der Waals surface area (Å²) < 4.78 is 49.5. The number of carbonyl (C=O) groups excluding carboxylic acids is 2. The van der Waals surface area contributed by atoms with Gasteiger partial charge in [-0.25, -0.2) is 19.6 Å². The molecule has 0 aliphatic carbocycles. The van der Waals surface area contributed by atoms with Crippen molar-refractivity contribution in [1.29, 1.82) is 0 Å². The van der Waals surface area contributed by atoms with E-state index in [0.29, 0.717) is 11.8 Å². The number of hydrogen-bond donors (Lipinski definition) is 0. The van der Waals surface area contributed by atoms with Gasteiger partial charge in [-0.3, -0.25) is 0 Å². The number of oxazole rings is 2. The summed E-state index contributed by atoms with van der Waals surface area (Å²) in [6, 6.07) is 0. The first-order valence-corrected chi connectivity index (χ1v) is 30.1. The maximum atomic E-state index is 13.9. The van der Waals surface area contributed by atoms with Gasteiger partial charge in [-0.15, -0.1) is 0 Å². The van der Waals surface area contributed by atoms with E-state index in [9.17, 15) is 9.59 Å². The maximum absolute atomic E-state index is 13.9. The van der Waals surface area contributed by atoms with Gasteiger partial charge in [-0.1, -0.05) is 154 Å². The van der Waals surface area contributed by atoms with Crippen LogP contribution in [0.1, 0.15) is 129 Å². The molecule has 0 aromatic carbocycles. The highest BCUT2D eigenvalue weighted by Crippen LogP contribution is 2.44. The largest absolute Gasteiger partial charge is 0.456 e. The van der Waals surface area contributed by atoms with Crippen LogP contribution < -0.4 is 0 Å². The molecule has 2 aromatic rings. The van der Waals surface area contributed by atoms with Crippen LogP contribution in [0.15, 0.2) is 94.3 Å². The summed E-state index contributed by atoms with van der Waals surface area (Å²) in [5, 5.41) is -0.104. The normalized spacial score (nSPS) is 22.9. The third-order valence-corrected chi connectivity index (χ3v) is 22.6. The average molecular weight is 999 g/mol. The molecule has 4 bridgehead atoms. The number of ether oxygens (including phenoxy) is 4. The van der Waals surface area contributed by atoms with Crippen molar-refractivity contribution in [2.24, 2.45) is 10.8 Å². The van der Waals surface area contributed by atoms with Gasteiger partial charge in [0.2, 0.25) is 0 Å². The molecule has 70 heavy (non-hydrogen) atoms. The lowest BCUT2D eigenvalue weighted by atomic mass is 9.79. The summed E-state index contributed by atoms with van der Waals surface area (Å²) >= 11 is 0. The third-order valence-electron chi connectivity index (χ3n) is 13.7. The Morgan fingerprint density at radius 3 is 1.29 bits per heavy atom. The number of methoxy groups -OCH3 is 2. The number of nitrogens with zero attached hydrogens (tertiary/aromatic N) is 2. The Kier molecular flexibility index (Phi) is 22.1. The Morgan fingerprint density at radius 1 is 0.614 bits per heavy atom. The molecule has 14 heteroatoms. The number of rotatable bonds is 12. The van der Waals surface area contributed by atoms with E-state index in [4.69, 9.17) is 36.6 Å². The first-order chi connectivity index (χ1) is 32.6. The van der Waals surface area contributed by atoms with Gasteiger partial charge in [0.25, 0.3) is 0 Å². The predicted molar refractivity (Wildman–Crippen MR) is 283 cm³/mol. The first-order valence-electron chi connectivity index (χ1n) is 24.2. The minimum Gasteiger partial charge on any atom is -0.456 e. The molecule has 6 atom stereocenters. The van der Waals surface area contributed by atoms with Crippen molar-refractivity contribution in [1.82, 2.24) is 9.97 Å². The Morgan fingerprint density at radius 2 is 0.971 bits per heavy atom. The monoisotopic (exact) mass is 999 g/mol. The van der Waals surface area contributed by atoms with Gasteiger partial charge in [0.1, 0.15) is 24.7 Å². The fourth-order valence-electron chi connectivity index (χ4n) is 6.68. The Hall–Kier alpha value is -4.81. The topological polar surface area (TPSA) is 142 Å². The molecular formula is C56H82N2O10Si2. The van der Waals surface area contributed by atoms with Gasteiger partial charge in [-0.2, -0.15) is 0 Å². The van der Waals surface area contributed by atoms with Crippen molar-refractivity contribution in [2.45, 2.75) is 182 Å². The standard InChI is InChI=1S/C56H82N2O10Si2/c1-19-31-47(67-69(15,16)53(3,4)5)55(9,10)45-35-29-25-21-23-27-33-42(62-14)38-50-58-44(40-64-50)52(60)66-46(56(11,12)48(32-20-2)68-70(17,18)54(6,7)8)36-30-26-22-24-28-34-41(61-13)37-49-57-43(39-63-49)51(59)65-45/h19-24,27-28,31-34,39-42,45-48H,35-38H2,1-18H3/b23-21-,24-22-,31-19+,32-20+,33-27+,34-28+/t41-,42-,45?,46?,47-,48-/m1/s1. The lowest BCUT2D eigenvalue weighted by Crippen LogP contribution is -2.51. The number of esters is 2. The van der Waals surface area contributed by atoms with Crippen molar-refractivity contribution in [2.75, 3.05) is 14.2 Å². The van der Waals surface area contributed by atoms with Crippen LogP contribution in [0.5, 0.6) is 0 Å². The molecular weight excluding hydrogens is 917 g/mol. The molecule has 0 spiro atoms. The van der Waals surface area contributed by atoms with Crippen LogP contribution in [0.25, 0.3) is 0 Å². The zero-order valence-corrected chi connectivity index (χ0v) is 47.4. The highest BCUT2D eigenvalue weighted by Gasteiger charge is 2.47. The molecule has 3 rings (SSSR count). The zero-order chi connectivity index (χ0) is 52.6. The van der Waals surface area contributed by atoms with Gasteiger partial charge >= 0.3 is 11.9 Å². The molecule has 2 aromatic heterocycles. The number of aromatic nitrogens is 2. The maximum Gasteiger partial charge on any atom is 0.360 e. The van der Waals surface area contributed by atoms with Crippen LogP contribution in [-0.4, -0.2) is 89.4 Å². The lowest BCUT2D eigenvalue weighted by molar-refractivity contribution is -0.0416. The van der Waals surface area contributed by atoms with Crippen LogP contribution in [0.3, 0.4) is 0 Å². The number of carbonyl (C=O) groups is 2. The second kappa shape index (κ2) is 26.1. The predicted octanol–water partition coefficient (Wildman–Crippen LogP) is 12.5. The van der Waals surface area contributed by atoms with Crippen molar-refractivity contribution >= 4 is 28.6 Å². The van der Waals surface area contributed by atoms with E-state index < -0.39 is 63.8 Å². The summed E-state index contributed by atoms with van der Waals surface area (Å²) in [6.45, 7) is 34.1. The second-order valence-corrected chi connectivity index (χ2v) is 31.3. The molecule has 12 nitrogen and oxygen atoms in total. The number of fused-ring (bicyclic) bond motifs is 4. The van der Waals surface area contributed by atoms with Gasteiger partial charge in [0.15, 0.2) is 39.8 Å². The number of allylic oxidation sites excluding steroid dienone is 8. The van der Waals surface area contributed by atoms with Crippen LogP contribution in [-0.2, 0) is 40.6 Å². The fraction of sp³-hybridized carbons (Fsp3) is 0.571. The van der Waals surface area contributed by atoms with Gasteiger partial charge < -0.3 is 36.6 Å². The quantitative estimate of drug-likeness (QED) is 0.0864. The molecule has 3 heterocycles. The van der Waals surface area contributed by atoms with E-state index in [1.807, 2.05) is 90.2 Å². The molecule has 0 radical (unpaired) electrons. The van der Waals surface area contributed by atoms with Gasteiger partial charge in [0.05, 0.1) is 37.3 Å². The highest BCUT2D eigenvalue weighted by atomic mass is 28.4. The van der Waals surface area contributed by atoms with Crippen LogP contribution in [0.4, 0.5) is 0 Å². The zero-order valence-electron chi connectivity index (χ0n) is 45.4. The minimum atomic E-state index is -2.26. The molecule has 384 valence electrons. The molecule has 1 aliphatic heterocycles. The van der Waals surface area contributed by atoms with Gasteiger partial charge in [-0.05, 0) is 62.3 Å². The van der Waals surface area contributed by atoms with Crippen molar-refractivity contribution in [3.05, 3.63) is 109 Å². The van der Waals surface area contributed by atoms with Gasteiger partial charge in [0, 0.05) is 37.9 Å².